The molecule has 0 fully saturated rings. The molecule has 0 aliphatic heterocycles. The lowest BCUT2D eigenvalue weighted by Gasteiger charge is -2.20. The summed E-state index contributed by atoms with van der Waals surface area (Å²) in [6.07, 6.45) is 5.44. The number of carbonyl (C=O) groups excluding carboxylic acids is 1. The summed E-state index contributed by atoms with van der Waals surface area (Å²) in [5, 5.41) is 7.01. The van der Waals surface area contributed by atoms with Crippen LogP contribution >= 0.6 is 0 Å². The third-order valence-corrected chi connectivity index (χ3v) is 4.20. The van der Waals surface area contributed by atoms with Gasteiger partial charge in [0.2, 0.25) is 0 Å². The van der Waals surface area contributed by atoms with E-state index in [0.29, 0.717) is 5.69 Å². The van der Waals surface area contributed by atoms with Gasteiger partial charge in [0, 0.05) is 29.4 Å². The molecule has 0 saturated heterocycles. The van der Waals surface area contributed by atoms with E-state index < -0.39 is 11.7 Å². The summed E-state index contributed by atoms with van der Waals surface area (Å²) in [5.41, 5.74) is 0.147. The van der Waals surface area contributed by atoms with Crippen LogP contribution in [0, 0.1) is 0 Å². The van der Waals surface area contributed by atoms with Gasteiger partial charge in [0.05, 0.1) is 5.69 Å². The highest BCUT2D eigenvalue weighted by Crippen LogP contribution is 2.26. The Morgan fingerprint density at radius 1 is 1.00 bits per heavy atom. The standard InChI is InChI=1S/C22H21N3O2/c1-22(2,3)27-21(26)24-19-10-6-9-15-12-23-20(11-18(15)19)25-13-16-7-4-5-8-17(16)14-25/h4-14H,1-3H3,(H,24,26). The Kier molecular flexibility index (Phi) is 4.07. The first-order valence-corrected chi connectivity index (χ1v) is 8.85. The van der Waals surface area contributed by atoms with Gasteiger partial charge in [-0.2, -0.15) is 0 Å². The summed E-state index contributed by atoms with van der Waals surface area (Å²) in [7, 11) is 0. The fourth-order valence-electron chi connectivity index (χ4n) is 3.04. The quantitative estimate of drug-likeness (QED) is 0.512. The van der Waals surface area contributed by atoms with Gasteiger partial charge in [0.15, 0.2) is 0 Å². The maximum absolute atomic E-state index is 12.2. The molecule has 136 valence electrons. The number of pyridine rings is 1. The number of ether oxygens (including phenoxy) is 1. The van der Waals surface area contributed by atoms with E-state index in [1.54, 1.807) is 0 Å². The minimum Gasteiger partial charge on any atom is -0.444 e. The van der Waals surface area contributed by atoms with Gasteiger partial charge in [-0.25, -0.2) is 9.78 Å². The van der Waals surface area contributed by atoms with E-state index >= 15 is 0 Å². The molecule has 4 aromatic rings. The third kappa shape index (κ3) is 3.62. The average Bonchev–Trinajstić information content (AvgIpc) is 3.04. The first-order chi connectivity index (χ1) is 12.9. The molecule has 2 aromatic carbocycles. The van der Waals surface area contributed by atoms with E-state index in [1.165, 1.54) is 0 Å². The van der Waals surface area contributed by atoms with Crippen molar-refractivity contribution in [2.75, 3.05) is 5.32 Å². The molecular formula is C22H21N3O2. The highest BCUT2D eigenvalue weighted by Gasteiger charge is 2.17. The lowest BCUT2D eigenvalue weighted by atomic mass is 10.1. The smallest absolute Gasteiger partial charge is 0.412 e. The van der Waals surface area contributed by atoms with Gasteiger partial charge in [-0.1, -0.05) is 36.4 Å². The van der Waals surface area contributed by atoms with Crippen LogP contribution in [0.15, 0.2) is 67.1 Å². The van der Waals surface area contributed by atoms with E-state index in [-0.39, 0.29) is 0 Å². The molecule has 1 N–H and O–H groups in total. The zero-order valence-corrected chi connectivity index (χ0v) is 15.6. The number of fused-ring (bicyclic) bond motifs is 2. The molecule has 0 saturated carbocycles. The highest BCUT2D eigenvalue weighted by atomic mass is 16.6. The first kappa shape index (κ1) is 17.1. The Morgan fingerprint density at radius 3 is 2.33 bits per heavy atom. The first-order valence-electron chi connectivity index (χ1n) is 8.85. The summed E-state index contributed by atoms with van der Waals surface area (Å²) < 4.78 is 7.37. The summed E-state index contributed by atoms with van der Waals surface area (Å²) in [6.45, 7) is 5.53. The monoisotopic (exact) mass is 359 g/mol. The number of aromatic nitrogens is 2. The Morgan fingerprint density at radius 2 is 1.67 bits per heavy atom. The molecule has 4 rings (SSSR count). The maximum atomic E-state index is 12.2. The van der Waals surface area contributed by atoms with Crippen molar-refractivity contribution in [3.05, 3.63) is 67.1 Å². The number of amides is 1. The fourth-order valence-corrected chi connectivity index (χ4v) is 3.04. The molecule has 0 aliphatic carbocycles. The van der Waals surface area contributed by atoms with Crippen molar-refractivity contribution in [2.45, 2.75) is 26.4 Å². The molecule has 0 bridgehead atoms. The van der Waals surface area contributed by atoms with Gasteiger partial charge in [-0.05, 0) is 43.7 Å². The van der Waals surface area contributed by atoms with E-state index in [1.807, 2.05) is 80.3 Å². The number of hydrogen-bond donors (Lipinski definition) is 1. The van der Waals surface area contributed by atoms with Gasteiger partial charge in [-0.3, -0.25) is 5.32 Å². The van der Waals surface area contributed by atoms with Crippen molar-refractivity contribution < 1.29 is 9.53 Å². The van der Waals surface area contributed by atoms with Gasteiger partial charge >= 0.3 is 6.09 Å². The van der Waals surface area contributed by atoms with Crippen molar-refractivity contribution in [3.8, 4) is 5.82 Å². The second-order valence-corrected chi connectivity index (χ2v) is 7.49. The molecule has 0 radical (unpaired) electrons. The summed E-state index contributed by atoms with van der Waals surface area (Å²) in [6, 6.07) is 15.9. The van der Waals surface area contributed by atoms with Crippen molar-refractivity contribution in [1.29, 1.82) is 0 Å². The number of benzene rings is 2. The molecule has 5 heteroatoms. The van der Waals surface area contributed by atoms with Gasteiger partial charge in [0.25, 0.3) is 0 Å². The van der Waals surface area contributed by atoms with E-state index in [2.05, 4.69) is 22.4 Å². The molecule has 27 heavy (non-hydrogen) atoms. The molecule has 0 spiro atoms. The Bertz CT molecular complexity index is 1110. The number of carbonyl (C=O) groups is 1. The van der Waals surface area contributed by atoms with Gasteiger partial charge in [0.1, 0.15) is 11.4 Å². The summed E-state index contributed by atoms with van der Waals surface area (Å²) >= 11 is 0. The summed E-state index contributed by atoms with van der Waals surface area (Å²) in [4.78, 5) is 16.8. The fraction of sp³-hybridized carbons (Fsp3) is 0.182. The van der Waals surface area contributed by atoms with Gasteiger partial charge < -0.3 is 9.30 Å². The second kappa shape index (κ2) is 6.43. The SMILES string of the molecule is CC(C)(C)OC(=O)Nc1cccc2cnc(-n3cc4ccccc4c3)cc12. The largest absolute Gasteiger partial charge is 0.444 e. The van der Waals surface area contributed by atoms with Crippen molar-refractivity contribution in [1.82, 2.24) is 9.55 Å². The number of hydrogen-bond acceptors (Lipinski definition) is 3. The highest BCUT2D eigenvalue weighted by molar-refractivity contribution is 6.00. The van der Waals surface area contributed by atoms with E-state index in [4.69, 9.17) is 4.74 Å². The molecular weight excluding hydrogens is 338 g/mol. The predicted octanol–water partition coefficient (Wildman–Crippen LogP) is 5.53. The van der Waals surface area contributed by atoms with Crippen LogP contribution in [-0.2, 0) is 4.74 Å². The van der Waals surface area contributed by atoms with E-state index in [9.17, 15) is 4.79 Å². The Balaban J connectivity index is 1.73. The zero-order chi connectivity index (χ0) is 19.0. The van der Waals surface area contributed by atoms with Crippen LogP contribution in [0.3, 0.4) is 0 Å². The number of rotatable bonds is 2. The topological polar surface area (TPSA) is 56.1 Å². The summed E-state index contributed by atoms with van der Waals surface area (Å²) in [5.74, 6) is 0.789. The average molecular weight is 359 g/mol. The van der Waals surface area contributed by atoms with Gasteiger partial charge in [-0.15, -0.1) is 0 Å². The number of nitrogens with zero attached hydrogens (tertiary/aromatic N) is 2. The van der Waals surface area contributed by atoms with Crippen LogP contribution in [0.4, 0.5) is 10.5 Å². The second-order valence-electron chi connectivity index (χ2n) is 7.49. The maximum Gasteiger partial charge on any atom is 0.412 e. The molecule has 5 nitrogen and oxygen atoms in total. The Hall–Kier alpha value is -3.34. The number of anilines is 1. The normalized spacial score (nSPS) is 11.7. The number of nitrogens with one attached hydrogen (secondary N) is 1. The van der Waals surface area contributed by atoms with Crippen molar-refractivity contribution in [2.24, 2.45) is 0 Å². The molecule has 2 aromatic heterocycles. The molecule has 2 heterocycles. The van der Waals surface area contributed by atoms with Crippen LogP contribution in [0.1, 0.15) is 20.8 Å². The van der Waals surface area contributed by atoms with Crippen LogP contribution in [-0.4, -0.2) is 21.2 Å². The molecule has 0 unspecified atom stereocenters. The Labute approximate surface area is 157 Å². The van der Waals surface area contributed by atoms with Crippen LogP contribution < -0.4 is 5.32 Å². The van der Waals surface area contributed by atoms with Crippen LogP contribution in [0.5, 0.6) is 0 Å². The van der Waals surface area contributed by atoms with Crippen molar-refractivity contribution >= 4 is 33.3 Å². The minimum absolute atomic E-state index is 0.472. The zero-order valence-electron chi connectivity index (χ0n) is 15.6. The molecule has 1 amide bonds. The lowest BCUT2D eigenvalue weighted by molar-refractivity contribution is 0.0636. The molecule has 0 aliphatic rings. The minimum atomic E-state index is -0.549. The third-order valence-electron chi connectivity index (χ3n) is 4.20. The lowest BCUT2D eigenvalue weighted by Crippen LogP contribution is -2.27. The predicted molar refractivity (Wildman–Crippen MR) is 108 cm³/mol. The van der Waals surface area contributed by atoms with E-state index in [0.717, 1.165) is 27.4 Å². The van der Waals surface area contributed by atoms with Crippen LogP contribution in [0.2, 0.25) is 0 Å². The molecule has 0 atom stereocenters. The van der Waals surface area contributed by atoms with Crippen LogP contribution in [0.25, 0.3) is 27.4 Å². The van der Waals surface area contributed by atoms with Crippen molar-refractivity contribution in [3.63, 3.8) is 0 Å².